The van der Waals surface area contributed by atoms with Crippen molar-refractivity contribution >= 4 is 17.4 Å². The van der Waals surface area contributed by atoms with Crippen LogP contribution in [-0.2, 0) is 0 Å². The van der Waals surface area contributed by atoms with Gasteiger partial charge in [0.1, 0.15) is 0 Å². The van der Waals surface area contributed by atoms with Crippen molar-refractivity contribution in [1.82, 2.24) is 0 Å². The Hall–Kier alpha value is 0.342. The third-order valence-corrected chi connectivity index (χ3v) is 0. The van der Waals surface area contributed by atoms with Crippen LogP contribution in [0.15, 0.2) is 0 Å². The van der Waals surface area contributed by atoms with E-state index in [4.69, 9.17) is 0 Å². The predicted molar refractivity (Wildman–Crippen MR) is 14.1 cm³/mol. The Kier molecular flexibility index (Phi) is 71100. The first-order chi connectivity index (χ1) is 0. The molecule has 0 saturated heterocycles. The largest absolute Gasteiger partial charge is 3.00 e. The van der Waals surface area contributed by atoms with E-state index in [0.717, 1.165) is 0 Å². The number of rotatable bonds is 0. The molecular weight excluding hydrogens is 94.0 g/mol. The van der Waals surface area contributed by atoms with Crippen molar-refractivity contribution in [3.8, 4) is 0 Å². The van der Waals surface area contributed by atoms with Crippen molar-refractivity contribution in [3.05, 3.63) is 0 Å². The summed E-state index contributed by atoms with van der Waals surface area (Å²) in [4.78, 5) is 0. The fourth-order valence-corrected chi connectivity index (χ4v) is 0. The van der Waals surface area contributed by atoms with Crippen LogP contribution < -0.4 is 0 Å². The molecule has 0 aliphatic heterocycles. The van der Waals surface area contributed by atoms with Crippen LogP contribution in [0.3, 0.4) is 0 Å². The number of hydrogen-bond donors (Lipinski definition) is 0. The van der Waals surface area contributed by atoms with E-state index in [1.54, 1.807) is 0 Å². The molecule has 0 unspecified atom stereocenters. The molecule has 0 heterocycles. The summed E-state index contributed by atoms with van der Waals surface area (Å²) in [6.45, 7) is 0. The quantitative estimate of drug-likeness (QED) is 0.373. The summed E-state index contributed by atoms with van der Waals surface area (Å²) >= 11 is 0. The van der Waals surface area contributed by atoms with Gasteiger partial charge in [0.05, 0.1) is 0 Å². The SMILES string of the molecule is F.[Al+3].[OH-].[OH-].[OH-]. The van der Waals surface area contributed by atoms with Crippen LogP contribution in [0.25, 0.3) is 0 Å². The van der Waals surface area contributed by atoms with Gasteiger partial charge in [-0.3, -0.25) is 4.70 Å². The molecular formula is H4AlFO3. The Morgan fingerprint density at radius 3 is 0.600 bits per heavy atom. The Labute approximate surface area is 39.4 Å². The molecule has 5 heteroatoms. The van der Waals surface area contributed by atoms with Gasteiger partial charge in [-0.1, -0.05) is 0 Å². The van der Waals surface area contributed by atoms with E-state index in [1.807, 2.05) is 0 Å². The van der Waals surface area contributed by atoms with Crippen molar-refractivity contribution < 1.29 is 21.1 Å². The maximum atomic E-state index is 0. The second-order valence-corrected chi connectivity index (χ2v) is 0. The van der Waals surface area contributed by atoms with Gasteiger partial charge in [0.2, 0.25) is 0 Å². The van der Waals surface area contributed by atoms with Crippen LogP contribution >= 0.6 is 0 Å². The van der Waals surface area contributed by atoms with Crippen LogP contribution in [0, 0.1) is 0 Å². The van der Waals surface area contributed by atoms with E-state index in [1.165, 1.54) is 0 Å². The summed E-state index contributed by atoms with van der Waals surface area (Å²) in [5.74, 6) is 0. The molecule has 32 valence electrons. The molecule has 3 nitrogen and oxygen atoms in total. The van der Waals surface area contributed by atoms with E-state index >= 15 is 0 Å². The minimum Gasteiger partial charge on any atom is -0.870 e. The first-order valence-electron chi connectivity index (χ1n) is 0. The first kappa shape index (κ1) is 859. The second-order valence-electron chi connectivity index (χ2n) is 0. The van der Waals surface area contributed by atoms with Gasteiger partial charge in [-0.25, -0.2) is 0 Å². The van der Waals surface area contributed by atoms with Gasteiger partial charge in [0.15, 0.2) is 0 Å². The number of halogens is 1. The van der Waals surface area contributed by atoms with E-state index < -0.39 is 0 Å². The minimum absolute atomic E-state index is 0. The summed E-state index contributed by atoms with van der Waals surface area (Å²) in [6, 6.07) is 0. The van der Waals surface area contributed by atoms with Crippen LogP contribution in [0.5, 0.6) is 0 Å². The molecule has 0 aliphatic carbocycles. The third-order valence-electron chi connectivity index (χ3n) is 0. The Balaban J connectivity index is 0. The fourth-order valence-electron chi connectivity index (χ4n) is 0. The Morgan fingerprint density at radius 2 is 0.600 bits per heavy atom. The molecule has 0 aliphatic rings. The zero-order chi connectivity index (χ0) is 0. The Morgan fingerprint density at radius 1 is 0.600 bits per heavy atom. The molecule has 0 amide bonds. The van der Waals surface area contributed by atoms with Gasteiger partial charge in [-0.05, 0) is 0 Å². The van der Waals surface area contributed by atoms with Gasteiger partial charge in [-0.2, -0.15) is 0 Å². The van der Waals surface area contributed by atoms with Crippen LogP contribution in [0.1, 0.15) is 0 Å². The monoisotopic (exact) mass is 98.0 g/mol. The molecule has 0 aromatic carbocycles. The van der Waals surface area contributed by atoms with Gasteiger partial charge in [-0.15, -0.1) is 0 Å². The molecule has 0 spiro atoms. The maximum absolute atomic E-state index is 0. The smallest absolute Gasteiger partial charge is 0.870 e. The van der Waals surface area contributed by atoms with Crippen molar-refractivity contribution in [3.63, 3.8) is 0 Å². The van der Waals surface area contributed by atoms with Crippen LogP contribution in [0.4, 0.5) is 4.70 Å². The summed E-state index contributed by atoms with van der Waals surface area (Å²) in [5, 5.41) is 0. The van der Waals surface area contributed by atoms with E-state index in [2.05, 4.69) is 0 Å². The maximum Gasteiger partial charge on any atom is 3.00 e. The molecule has 5 heavy (non-hydrogen) atoms. The Bertz CT molecular complexity index is 6.85. The molecule has 0 aromatic rings. The average Bonchev–Trinajstić information content (AvgIpc) is 0. The fraction of sp³-hybridized carbons (Fsp3) is 0. The topological polar surface area (TPSA) is 90.0 Å². The molecule has 0 aromatic heterocycles. The molecule has 0 rings (SSSR count). The molecule has 0 saturated carbocycles. The molecule has 0 atom stereocenters. The standard InChI is InChI=1S/Al.FH.3H2O/h;1H;3*1H2/q+3;;;;/p-3. The summed E-state index contributed by atoms with van der Waals surface area (Å²) in [5.41, 5.74) is 0. The first-order valence-corrected chi connectivity index (χ1v) is 0. The molecule has 0 radical (unpaired) electrons. The summed E-state index contributed by atoms with van der Waals surface area (Å²) < 4.78 is 0. The van der Waals surface area contributed by atoms with Gasteiger partial charge in [0, 0.05) is 0 Å². The van der Waals surface area contributed by atoms with Crippen molar-refractivity contribution in [1.29, 1.82) is 0 Å². The van der Waals surface area contributed by atoms with E-state index in [-0.39, 0.29) is 38.5 Å². The third kappa shape index (κ3) is 203. The van der Waals surface area contributed by atoms with Crippen molar-refractivity contribution in [2.45, 2.75) is 0 Å². The summed E-state index contributed by atoms with van der Waals surface area (Å²) in [6.07, 6.45) is 0. The van der Waals surface area contributed by atoms with Crippen LogP contribution in [0.2, 0.25) is 0 Å². The van der Waals surface area contributed by atoms with E-state index in [9.17, 15) is 0 Å². The van der Waals surface area contributed by atoms with Gasteiger partial charge < -0.3 is 16.4 Å². The predicted octanol–water partition coefficient (Wildman–Crippen LogP) is -0.759. The van der Waals surface area contributed by atoms with Crippen molar-refractivity contribution in [2.75, 3.05) is 0 Å². The normalized spacial score (nSPS) is 0. The number of hydrogen-bond acceptors (Lipinski definition) is 3. The molecule has 0 fully saturated rings. The summed E-state index contributed by atoms with van der Waals surface area (Å²) in [7, 11) is 0. The average molecular weight is 98.0 g/mol. The zero-order valence-electron chi connectivity index (χ0n) is 2.33. The van der Waals surface area contributed by atoms with Gasteiger partial charge in [0.25, 0.3) is 0 Å². The minimum atomic E-state index is 0. The second kappa shape index (κ2) is 414. The zero-order valence-corrected chi connectivity index (χ0v) is 3.48. The molecule has 0 bridgehead atoms. The molecule has 3 N–H and O–H groups in total. The van der Waals surface area contributed by atoms with Crippen molar-refractivity contribution in [2.24, 2.45) is 0 Å². The van der Waals surface area contributed by atoms with Gasteiger partial charge >= 0.3 is 17.4 Å². The van der Waals surface area contributed by atoms with Crippen LogP contribution in [-0.4, -0.2) is 33.8 Å². The van der Waals surface area contributed by atoms with E-state index in [0.29, 0.717) is 0 Å².